The smallest absolute Gasteiger partial charge is 0.123 e. The van der Waals surface area contributed by atoms with E-state index in [9.17, 15) is 24.2 Å². The maximum atomic E-state index is 12.5. The van der Waals surface area contributed by atoms with Crippen LogP contribution < -0.4 is 10.2 Å². The van der Waals surface area contributed by atoms with Gasteiger partial charge in [-0.1, -0.05) is 0 Å². The van der Waals surface area contributed by atoms with Crippen LogP contribution >= 0.6 is 0 Å². The summed E-state index contributed by atoms with van der Waals surface area (Å²) in [5.74, 6) is -4.28. The van der Waals surface area contributed by atoms with Gasteiger partial charge in [0.25, 0.3) is 0 Å². The van der Waals surface area contributed by atoms with Gasteiger partial charge in [0.2, 0.25) is 0 Å². The van der Waals surface area contributed by atoms with E-state index in [2.05, 4.69) is 0 Å². The van der Waals surface area contributed by atoms with Gasteiger partial charge in [0.05, 0.1) is 11.9 Å². The van der Waals surface area contributed by atoms with Crippen LogP contribution in [0.25, 0.3) is 0 Å². The maximum absolute atomic E-state index is 12.5. The van der Waals surface area contributed by atoms with Crippen molar-refractivity contribution in [3.8, 4) is 0 Å². The molecule has 68 valence electrons. The molecule has 0 aliphatic carbocycles. The zero-order valence-electron chi connectivity index (χ0n) is 6.24. The molecule has 5 heteroatoms. The largest absolute Gasteiger partial charge is 0.545 e. The summed E-state index contributed by atoms with van der Waals surface area (Å²) in [4.78, 5) is 20.6. The molecule has 0 unspecified atom stereocenters. The van der Waals surface area contributed by atoms with Crippen LogP contribution in [0, 0.1) is 5.82 Å². The van der Waals surface area contributed by atoms with Crippen molar-refractivity contribution >= 4 is 11.9 Å². The van der Waals surface area contributed by atoms with Crippen LogP contribution in [-0.2, 0) is 0 Å². The number of carbonyl (C=O) groups excluding carboxylic acids is 2. The van der Waals surface area contributed by atoms with Gasteiger partial charge in [0.1, 0.15) is 5.82 Å². The second-order valence-electron chi connectivity index (χ2n) is 2.26. The second-order valence-corrected chi connectivity index (χ2v) is 2.26. The van der Waals surface area contributed by atoms with Crippen LogP contribution in [0.3, 0.4) is 0 Å². The molecule has 0 fully saturated rings. The number of hydrogen-bond acceptors (Lipinski definition) is 4. The third kappa shape index (κ3) is 1.81. The highest BCUT2D eigenvalue weighted by molar-refractivity contribution is 5.99. The molecule has 1 aromatic rings. The molecule has 0 radical (unpaired) electrons. The van der Waals surface area contributed by atoms with E-state index in [0.29, 0.717) is 6.07 Å². The van der Waals surface area contributed by atoms with Gasteiger partial charge >= 0.3 is 0 Å². The summed E-state index contributed by atoms with van der Waals surface area (Å²) in [5.41, 5.74) is -1.32. The van der Waals surface area contributed by atoms with Crippen molar-refractivity contribution in [2.45, 2.75) is 0 Å². The van der Waals surface area contributed by atoms with E-state index >= 15 is 0 Å². The number of halogens is 1. The van der Waals surface area contributed by atoms with E-state index < -0.39 is 28.9 Å². The van der Waals surface area contributed by atoms with Crippen molar-refractivity contribution in [2.24, 2.45) is 0 Å². The third-order valence-electron chi connectivity index (χ3n) is 1.42. The van der Waals surface area contributed by atoms with Crippen molar-refractivity contribution in [3.05, 3.63) is 35.1 Å². The summed E-state index contributed by atoms with van der Waals surface area (Å²) in [5, 5.41) is 20.6. The topological polar surface area (TPSA) is 80.3 Å². The van der Waals surface area contributed by atoms with E-state index in [1.54, 1.807) is 0 Å². The average Bonchev–Trinajstić information content (AvgIpc) is 2.03. The molecule has 4 nitrogen and oxygen atoms in total. The Morgan fingerprint density at radius 2 is 1.62 bits per heavy atom. The lowest BCUT2D eigenvalue weighted by atomic mass is 10.1. The molecule has 1 aromatic carbocycles. The molecule has 0 N–H and O–H groups in total. The standard InChI is InChI=1S/C8H5FO4/c9-4-1-2-5(7(10)11)6(3-4)8(12)13/h1-3H,(H,10,11)(H,12,13)/p-2. The molecular formula is C8H3FO4-2. The van der Waals surface area contributed by atoms with E-state index in [0.717, 1.165) is 12.1 Å². The Balaban J connectivity index is 3.35. The lowest BCUT2D eigenvalue weighted by Crippen LogP contribution is -2.30. The molecule has 0 amide bonds. The zero-order chi connectivity index (χ0) is 10.0. The van der Waals surface area contributed by atoms with Gasteiger partial charge in [-0.25, -0.2) is 4.39 Å². The van der Waals surface area contributed by atoms with Crippen molar-refractivity contribution in [2.75, 3.05) is 0 Å². The lowest BCUT2D eigenvalue weighted by molar-refractivity contribution is -0.259. The Morgan fingerprint density at radius 1 is 1.08 bits per heavy atom. The summed E-state index contributed by atoms with van der Waals surface area (Å²) in [6.45, 7) is 0. The molecule has 0 bridgehead atoms. The average molecular weight is 182 g/mol. The monoisotopic (exact) mass is 182 g/mol. The molecule has 1 rings (SSSR count). The van der Waals surface area contributed by atoms with Crippen LogP contribution in [-0.4, -0.2) is 11.9 Å². The predicted molar refractivity (Wildman–Crippen MR) is 35.1 cm³/mol. The summed E-state index contributed by atoms with van der Waals surface area (Å²) < 4.78 is 12.5. The highest BCUT2D eigenvalue weighted by Crippen LogP contribution is 2.09. The molecule has 0 saturated heterocycles. The predicted octanol–water partition coefficient (Wildman–Crippen LogP) is -1.45. The van der Waals surface area contributed by atoms with Crippen LogP contribution in [0.15, 0.2) is 18.2 Å². The molecule has 0 heterocycles. The van der Waals surface area contributed by atoms with Crippen molar-refractivity contribution in [1.82, 2.24) is 0 Å². The van der Waals surface area contributed by atoms with Gasteiger partial charge in [0.15, 0.2) is 0 Å². The van der Waals surface area contributed by atoms with Gasteiger partial charge in [-0.2, -0.15) is 0 Å². The Kier molecular flexibility index (Phi) is 2.27. The molecule has 0 aliphatic heterocycles. The third-order valence-corrected chi connectivity index (χ3v) is 1.42. The first-order valence-electron chi connectivity index (χ1n) is 3.24. The van der Waals surface area contributed by atoms with E-state index in [1.807, 2.05) is 0 Å². The first kappa shape index (κ1) is 9.18. The van der Waals surface area contributed by atoms with Gasteiger partial charge in [-0.05, 0) is 18.2 Å². The quantitative estimate of drug-likeness (QED) is 0.560. The number of hydrogen-bond donors (Lipinski definition) is 0. The number of benzene rings is 1. The Hall–Kier alpha value is -1.91. The number of carboxylic acid groups (broad SMARTS) is 2. The molecule has 13 heavy (non-hydrogen) atoms. The summed E-state index contributed by atoms with van der Waals surface area (Å²) in [6.07, 6.45) is 0. The van der Waals surface area contributed by atoms with Crippen molar-refractivity contribution < 1.29 is 24.2 Å². The van der Waals surface area contributed by atoms with Crippen LogP contribution in [0.5, 0.6) is 0 Å². The lowest BCUT2D eigenvalue weighted by Gasteiger charge is -2.10. The molecule has 0 spiro atoms. The van der Waals surface area contributed by atoms with E-state index in [-0.39, 0.29) is 0 Å². The minimum absolute atomic E-state index is 0.570. The van der Waals surface area contributed by atoms with Crippen LogP contribution in [0.4, 0.5) is 4.39 Å². The Bertz CT molecular complexity index is 372. The van der Waals surface area contributed by atoms with Gasteiger partial charge in [-0.3, -0.25) is 0 Å². The fourth-order valence-corrected chi connectivity index (χ4v) is 0.863. The molecule has 0 atom stereocenters. The molecule has 0 aliphatic rings. The van der Waals surface area contributed by atoms with Gasteiger partial charge in [0, 0.05) is 11.1 Å². The SMILES string of the molecule is O=C([O-])c1ccc(F)cc1C(=O)[O-]. The highest BCUT2D eigenvalue weighted by Gasteiger charge is 2.05. The van der Waals surface area contributed by atoms with Gasteiger partial charge in [-0.15, -0.1) is 0 Å². The molecule has 0 aromatic heterocycles. The maximum Gasteiger partial charge on any atom is 0.123 e. The minimum atomic E-state index is -1.75. The Morgan fingerprint density at radius 3 is 2.08 bits per heavy atom. The highest BCUT2D eigenvalue weighted by atomic mass is 19.1. The van der Waals surface area contributed by atoms with Crippen molar-refractivity contribution in [1.29, 1.82) is 0 Å². The minimum Gasteiger partial charge on any atom is -0.545 e. The zero-order valence-corrected chi connectivity index (χ0v) is 6.24. The molecule has 0 saturated carbocycles. The first-order chi connectivity index (χ1) is 6.02. The molecular weight excluding hydrogens is 179 g/mol. The van der Waals surface area contributed by atoms with E-state index in [1.165, 1.54) is 0 Å². The number of aromatic carboxylic acids is 2. The second kappa shape index (κ2) is 3.22. The fraction of sp³-hybridized carbons (Fsp3) is 0. The fourth-order valence-electron chi connectivity index (χ4n) is 0.863. The first-order valence-corrected chi connectivity index (χ1v) is 3.24. The summed E-state index contributed by atoms with van der Waals surface area (Å²) in [6, 6.07) is 2.22. The van der Waals surface area contributed by atoms with E-state index in [4.69, 9.17) is 0 Å². The normalized spacial score (nSPS) is 9.62. The number of carboxylic acids is 2. The summed E-state index contributed by atoms with van der Waals surface area (Å²) >= 11 is 0. The van der Waals surface area contributed by atoms with Crippen LogP contribution in [0.1, 0.15) is 20.7 Å². The number of carbonyl (C=O) groups is 2. The van der Waals surface area contributed by atoms with Gasteiger partial charge < -0.3 is 19.8 Å². The Labute approximate surface area is 72.2 Å². The van der Waals surface area contributed by atoms with Crippen molar-refractivity contribution in [3.63, 3.8) is 0 Å². The number of rotatable bonds is 2. The summed E-state index contributed by atoms with van der Waals surface area (Å²) in [7, 11) is 0. The van der Waals surface area contributed by atoms with Crippen LogP contribution in [0.2, 0.25) is 0 Å².